The second-order valence-electron chi connectivity index (χ2n) is 10.7. The van der Waals surface area contributed by atoms with Crippen LogP contribution in [0.5, 0.6) is 5.75 Å². The van der Waals surface area contributed by atoms with Crippen molar-refractivity contribution in [2.24, 2.45) is 11.8 Å². The highest BCUT2D eigenvalue weighted by molar-refractivity contribution is 5.82. The molecule has 10 heteroatoms. The average molecular weight is 547 g/mol. The molecule has 0 radical (unpaired) electrons. The van der Waals surface area contributed by atoms with Gasteiger partial charge in [0, 0.05) is 49.3 Å². The van der Waals surface area contributed by atoms with Crippen LogP contribution >= 0.6 is 0 Å². The van der Waals surface area contributed by atoms with Crippen molar-refractivity contribution in [2.45, 2.75) is 25.4 Å². The summed E-state index contributed by atoms with van der Waals surface area (Å²) in [4.78, 5) is 25.4. The molecular weight excluding hydrogens is 511 g/mol. The number of hydrogen-bond donors (Lipinski definition) is 2. The number of piperidine rings is 1. The van der Waals surface area contributed by atoms with Crippen LogP contribution in [0.4, 0.5) is 27.4 Å². The van der Waals surface area contributed by atoms with E-state index in [1.54, 1.807) is 11.1 Å². The summed E-state index contributed by atoms with van der Waals surface area (Å²) in [7, 11) is 0. The van der Waals surface area contributed by atoms with E-state index < -0.39 is 12.1 Å². The van der Waals surface area contributed by atoms with E-state index in [1.165, 1.54) is 5.69 Å². The molecule has 2 aliphatic heterocycles. The highest BCUT2D eigenvalue weighted by atomic mass is 19.1. The standard InChI is InChI=1S/C30H35FN6O3/c31-25-18-24(25)29(38)37-11-8-20(9-12-37)19-40-28-6-1-21(17-26(28)32)27-7-10-33-30(35-27)34-22-2-4-23(5-3-22)36-13-15-39-16-14-36/h1-7,10,17,20,24-25H,8-9,11-16,18-19,32H2,(H,33,34,35)/t24?,25-/m1/s1. The summed E-state index contributed by atoms with van der Waals surface area (Å²) in [5.41, 5.74) is 10.6. The van der Waals surface area contributed by atoms with E-state index in [2.05, 4.69) is 32.3 Å². The number of halogens is 1. The summed E-state index contributed by atoms with van der Waals surface area (Å²) >= 11 is 0. The van der Waals surface area contributed by atoms with Crippen LogP contribution in [0.25, 0.3) is 11.3 Å². The van der Waals surface area contributed by atoms with Gasteiger partial charge in [0.25, 0.3) is 0 Å². The number of nitrogens with two attached hydrogens (primary N) is 1. The van der Waals surface area contributed by atoms with E-state index in [0.29, 0.717) is 49.4 Å². The van der Waals surface area contributed by atoms with Crippen molar-refractivity contribution >= 4 is 28.9 Å². The number of nitrogens with one attached hydrogen (secondary N) is 1. The molecule has 1 saturated carbocycles. The second-order valence-corrected chi connectivity index (χ2v) is 10.7. The first kappa shape index (κ1) is 26.3. The lowest BCUT2D eigenvalue weighted by Gasteiger charge is -2.32. The average Bonchev–Trinajstić information content (AvgIpc) is 3.73. The highest BCUT2D eigenvalue weighted by Crippen LogP contribution is 2.36. The summed E-state index contributed by atoms with van der Waals surface area (Å²) < 4.78 is 24.7. The van der Waals surface area contributed by atoms with Gasteiger partial charge in [0.05, 0.1) is 37.1 Å². The summed E-state index contributed by atoms with van der Waals surface area (Å²) in [6, 6.07) is 15.8. The van der Waals surface area contributed by atoms with E-state index in [4.69, 9.17) is 15.2 Å². The number of carbonyl (C=O) groups is 1. The molecule has 3 heterocycles. The zero-order valence-electron chi connectivity index (χ0n) is 22.5. The van der Waals surface area contributed by atoms with E-state index in [-0.39, 0.29) is 5.91 Å². The van der Waals surface area contributed by atoms with Gasteiger partial charge in [-0.3, -0.25) is 4.79 Å². The molecule has 3 fully saturated rings. The Labute approximate surface area is 233 Å². The van der Waals surface area contributed by atoms with Gasteiger partial charge < -0.3 is 30.3 Å². The number of benzene rings is 2. The van der Waals surface area contributed by atoms with Gasteiger partial charge in [0.1, 0.15) is 11.9 Å². The number of ether oxygens (including phenoxy) is 2. The molecule has 1 amide bonds. The van der Waals surface area contributed by atoms with Crippen LogP contribution in [0.1, 0.15) is 19.3 Å². The van der Waals surface area contributed by atoms with Crippen molar-refractivity contribution in [1.29, 1.82) is 0 Å². The summed E-state index contributed by atoms with van der Waals surface area (Å²) in [5, 5.41) is 3.28. The van der Waals surface area contributed by atoms with Gasteiger partial charge in [-0.25, -0.2) is 14.4 Å². The number of carbonyl (C=O) groups excluding carboxylic acids is 1. The third-order valence-corrected chi connectivity index (χ3v) is 7.89. The van der Waals surface area contributed by atoms with E-state index in [9.17, 15) is 9.18 Å². The Kier molecular flexibility index (Phi) is 7.68. The Balaban J connectivity index is 1.03. The summed E-state index contributed by atoms with van der Waals surface area (Å²) in [6.07, 6.45) is 2.86. The van der Waals surface area contributed by atoms with Gasteiger partial charge in [-0.15, -0.1) is 0 Å². The minimum Gasteiger partial charge on any atom is -0.491 e. The first-order valence-corrected chi connectivity index (χ1v) is 14.0. The van der Waals surface area contributed by atoms with Crippen LogP contribution in [0, 0.1) is 11.8 Å². The fourth-order valence-corrected chi connectivity index (χ4v) is 5.31. The number of amides is 1. The van der Waals surface area contributed by atoms with Gasteiger partial charge in [-0.05, 0) is 73.7 Å². The Morgan fingerprint density at radius 2 is 1.82 bits per heavy atom. The van der Waals surface area contributed by atoms with Gasteiger partial charge in [-0.1, -0.05) is 0 Å². The van der Waals surface area contributed by atoms with Gasteiger partial charge in [0.2, 0.25) is 11.9 Å². The largest absolute Gasteiger partial charge is 0.491 e. The third kappa shape index (κ3) is 6.12. The van der Waals surface area contributed by atoms with Crippen LogP contribution in [0.15, 0.2) is 54.7 Å². The maximum absolute atomic E-state index is 13.2. The minimum absolute atomic E-state index is 0.0311. The SMILES string of the molecule is Nc1cc(-c2ccnc(Nc3ccc(N4CCOCC4)cc3)n2)ccc1OCC1CCN(C(=O)C2C[C@H]2F)CC1. The van der Waals surface area contributed by atoms with Crippen LogP contribution in [0.2, 0.25) is 0 Å². The van der Waals surface area contributed by atoms with E-state index in [0.717, 1.165) is 56.1 Å². The zero-order chi connectivity index (χ0) is 27.5. The van der Waals surface area contributed by atoms with Crippen LogP contribution in [-0.4, -0.2) is 72.9 Å². The van der Waals surface area contributed by atoms with Crippen LogP contribution in [0.3, 0.4) is 0 Å². The Morgan fingerprint density at radius 3 is 2.52 bits per heavy atom. The van der Waals surface area contributed by atoms with E-state index in [1.807, 2.05) is 36.4 Å². The van der Waals surface area contributed by atoms with Crippen molar-refractivity contribution in [3.63, 3.8) is 0 Å². The predicted molar refractivity (Wildman–Crippen MR) is 152 cm³/mol. The van der Waals surface area contributed by atoms with Crippen molar-refractivity contribution in [2.75, 3.05) is 62.0 Å². The van der Waals surface area contributed by atoms with Gasteiger partial charge in [0.15, 0.2) is 0 Å². The van der Waals surface area contributed by atoms with Crippen molar-refractivity contribution in [3.05, 3.63) is 54.7 Å². The lowest BCUT2D eigenvalue weighted by atomic mass is 9.97. The number of nitrogens with zero attached hydrogens (tertiary/aromatic N) is 4. The Morgan fingerprint density at radius 1 is 1.07 bits per heavy atom. The Hall–Kier alpha value is -3.92. The molecule has 3 aromatic rings. The number of hydrogen-bond acceptors (Lipinski definition) is 8. The number of morpholine rings is 1. The second kappa shape index (κ2) is 11.7. The molecule has 2 aromatic carbocycles. The van der Waals surface area contributed by atoms with Crippen molar-refractivity contribution in [3.8, 4) is 17.0 Å². The molecule has 40 heavy (non-hydrogen) atoms. The molecular formula is C30H35FN6O3. The van der Waals surface area contributed by atoms with Crippen LogP contribution in [-0.2, 0) is 9.53 Å². The normalized spacial score (nSPS) is 21.2. The molecule has 2 atom stereocenters. The molecule has 0 spiro atoms. The molecule has 2 saturated heterocycles. The smallest absolute Gasteiger partial charge is 0.228 e. The van der Waals surface area contributed by atoms with E-state index >= 15 is 0 Å². The summed E-state index contributed by atoms with van der Waals surface area (Å²) in [5.74, 6) is 1.04. The molecule has 1 aromatic heterocycles. The molecule has 0 bridgehead atoms. The number of nitrogen functional groups attached to an aromatic ring is 1. The van der Waals surface area contributed by atoms with Gasteiger partial charge in [-0.2, -0.15) is 0 Å². The minimum atomic E-state index is -0.942. The molecule has 3 N–H and O–H groups in total. The number of likely N-dealkylation sites (tertiary alicyclic amines) is 1. The zero-order valence-corrected chi connectivity index (χ0v) is 22.5. The molecule has 1 aliphatic carbocycles. The lowest BCUT2D eigenvalue weighted by Crippen LogP contribution is -2.40. The molecule has 1 unspecified atom stereocenters. The third-order valence-electron chi connectivity index (χ3n) is 7.89. The van der Waals surface area contributed by atoms with Crippen LogP contribution < -0.4 is 20.7 Å². The maximum atomic E-state index is 13.2. The number of rotatable bonds is 8. The first-order valence-electron chi connectivity index (χ1n) is 14.0. The molecule has 6 rings (SSSR count). The number of anilines is 4. The van der Waals surface area contributed by atoms with Gasteiger partial charge >= 0.3 is 0 Å². The maximum Gasteiger partial charge on any atom is 0.228 e. The first-order chi connectivity index (χ1) is 19.5. The molecule has 9 nitrogen and oxygen atoms in total. The highest BCUT2D eigenvalue weighted by Gasteiger charge is 2.46. The quantitative estimate of drug-likeness (QED) is 0.404. The monoisotopic (exact) mass is 546 g/mol. The number of alkyl halides is 1. The summed E-state index contributed by atoms with van der Waals surface area (Å²) in [6.45, 7) is 5.16. The Bertz CT molecular complexity index is 1330. The van der Waals surface area contributed by atoms with Crippen molar-refractivity contribution in [1.82, 2.24) is 14.9 Å². The number of aromatic nitrogens is 2. The molecule has 3 aliphatic rings. The fourth-order valence-electron chi connectivity index (χ4n) is 5.31. The topological polar surface area (TPSA) is 106 Å². The van der Waals surface area contributed by atoms with Crippen molar-refractivity contribution < 1.29 is 18.7 Å². The predicted octanol–water partition coefficient (Wildman–Crippen LogP) is 4.28. The lowest BCUT2D eigenvalue weighted by molar-refractivity contribution is -0.134. The fraction of sp³-hybridized carbons (Fsp3) is 0.433. The molecule has 210 valence electrons.